The summed E-state index contributed by atoms with van der Waals surface area (Å²) in [5.74, 6) is -4.17. The van der Waals surface area contributed by atoms with Crippen molar-refractivity contribution in [3.05, 3.63) is 35.4 Å². The van der Waals surface area contributed by atoms with Crippen molar-refractivity contribution in [2.45, 2.75) is 18.9 Å². The molecule has 0 unspecified atom stereocenters. The minimum atomic E-state index is -1.15. The fourth-order valence-electron chi connectivity index (χ4n) is 1.58. The fraction of sp³-hybridized carbons (Fsp3) is 0.308. The summed E-state index contributed by atoms with van der Waals surface area (Å²) in [6, 6.07) is 1.09. The third-order valence-electron chi connectivity index (χ3n) is 2.64. The molecule has 8 heteroatoms. The van der Waals surface area contributed by atoms with Gasteiger partial charge in [-0.1, -0.05) is 0 Å². The van der Waals surface area contributed by atoms with Gasteiger partial charge in [0.05, 0.1) is 7.11 Å². The molecule has 0 fully saturated rings. The predicted molar refractivity (Wildman–Crippen MR) is 68.1 cm³/mol. The van der Waals surface area contributed by atoms with Crippen LogP contribution in [0.4, 0.5) is 8.78 Å². The van der Waals surface area contributed by atoms with Gasteiger partial charge in [0, 0.05) is 18.1 Å². The molecular formula is C13H14F2N2O4. The molecule has 0 radical (unpaired) electrons. The van der Waals surface area contributed by atoms with Crippen LogP contribution in [0, 0.1) is 11.6 Å². The summed E-state index contributed by atoms with van der Waals surface area (Å²) in [6.45, 7) is 0. The highest BCUT2D eigenvalue weighted by Gasteiger charge is 2.21. The van der Waals surface area contributed by atoms with E-state index in [0.717, 1.165) is 12.1 Å². The Kier molecular flexibility index (Phi) is 5.77. The Morgan fingerprint density at radius 2 is 1.81 bits per heavy atom. The van der Waals surface area contributed by atoms with Crippen molar-refractivity contribution in [1.82, 2.24) is 5.32 Å². The largest absolute Gasteiger partial charge is 0.469 e. The lowest BCUT2D eigenvalue weighted by Gasteiger charge is -2.15. The highest BCUT2D eigenvalue weighted by atomic mass is 19.1. The average molecular weight is 300 g/mol. The normalized spacial score (nSPS) is 11.6. The van der Waals surface area contributed by atoms with Crippen molar-refractivity contribution in [2.24, 2.45) is 5.73 Å². The number of hydrogen-bond donors (Lipinski definition) is 2. The molecule has 1 aromatic carbocycles. The van der Waals surface area contributed by atoms with Crippen LogP contribution in [-0.4, -0.2) is 30.9 Å². The summed E-state index contributed by atoms with van der Waals surface area (Å²) < 4.78 is 30.4. The zero-order valence-corrected chi connectivity index (χ0v) is 11.2. The van der Waals surface area contributed by atoms with E-state index >= 15 is 0 Å². The summed E-state index contributed by atoms with van der Waals surface area (Å²) in [7, 11) is 1.18. The number of esters is 1. The van der Waals surface area contributed by atoms with Crippen molar-refractivity contribution in [3.63, 3.8) is 0 Å². The number of methoxy groups -OCH3 is 1. The summed E-state index contributed by atoms with van der Waals surface area (Å²) in [5.41, 5.74) is 4.80. The van der Waals surface area contributed by atoms with Gasteiger partial charge in [0.1, 0.15) is 17.7 Å². The van der Waals surface area contributed by atoms with Crippen LogP contribution >= 0.6 is 0 Å². The Balaban J connectivity index is 2.76. The number of ether oxygens (including phenoxy) is 1. The SMILES string of the molecule is COC(=O)CC[C@@H](NC(=O)c1cc(F)cc(F)c1)C(N)=O. The molecule has 0 bridgehead atoms. The lowest BCUT2D eigenvalue weighted by atomic mass is 10.1. The number of rotatable bonds is 6. The zero-order chi connectivity index (χ0) is 16.0. The Labute approximate surface area is 119 Å². The summed E-state index contributed by atoms with van der Waals surface area (Å²) in [4.78, 5) is 34.0. The average Bonchev–Trinajstić information content (AvgIpc) is 2.41. The van der Waals surface area contributed by atoms with Gasteiger partial charge < -0.3 is 15.8 Å². The highest BCUT2D eigenvalue weighted by molar-refractivity contribution is 5.97. The predicted octanol–water partition coefficient (Wildman–Crippen LogP) is 0.502. The summed E-state index contributed by atoms with van der Waals surface area (Å²) in [5, 5.41) is 2.21. The lowest BCUT2D eigenvalue weighted by Crippen LogP contribution is -2.44. The van der Waals surface area contributed by atoms with Gasteiger partial charge >= 0.3 is 5.97 Å². The van der Waals surface area contributed by atoms with E-state index in [1.54, 1.807) is 0 Å². The molecular weight excluding hydrogens is 286 g/mol. The van der Waals surface area contributed by atoms with Crippen LogP contribution in [0.2, 0.25) is 0 Å². The molecule has 0 saturated carbocycles. The van der Waals surface area contributed by atoms with E-state index in [1.807, 2.05) is 0 Å². The van der Waals surface area contributed by atoms with Crippen LogP contribution in [0.1, 0.15) is 23.2 Å². The first-order chi connectivity index (χ1) is 9.83. The minimum Gasteiger partial charge on any atom is -0.469 e. The Hall–Kier alpha value is -2.51. The minimum absolute atomic E-state index is 0.0778. The van der Waals surface area contributed by atoms with Crippen LogP contribution in [0.3, 0.4) is 0 Å². The molecule has 2 amide bonds. The summed E-state index contributed by atoms with van der Waals surface area (Å²) >= 11 is 0. The van der Waals surface area contributed by atoms with Gasteiger partial charge in [0.2, 0.25) is 5.91 Å². The van der Waals surface area contributed by atoms with Crippen molar-refractivity contribution in [1.29, 1.82) is 0 Å². The second kappa shape index (κ2) is 7.32. The van der Waals surface area contributed by atoms with Crippen LogP contribution < -0.4 is 11.1 Å². The summed E-state index contributed by atoms with van der Waals surface area (Å²) in [6.07, 6.45) is -0.215. The number of carbonyl (C=O) groups is 3. The molecule has 0 aliphatic heterocycles. The molecule has 1 aromatic rings. The van der Waals surface area contributed by atoms with Crippen molar-refractivity contribution in [2.75, 3.05) is 7.11 Å². The molecule has 6 nitrogen and oxygen atoms in total. The molecule has 1 atom stereocenters. The number of primary amides is 1. The van der Waals surface area contributed by atoms with Gasteiger partial charge in [-0.25, -0.2) is 8.78 Å². The third kappa shape index (κ3) is 5.17. The van der Waals surface area contributed by atoms with Crippen LogP contribution in [-0.2, 0) is 14.3 Å². The first kappa shape index (κ1) is 16.5. The topological polar surface area (TPSA) is 98.5 Å². The van der Waals surface area contributed by atoms with Gasteiger partial charge in [-0.2, -0.15) is 0 Å². The number of amides is 2. The molecule has 0 saturated heterocycles. The second-order valence-corrected chi connectivity index (χ2v) is 4.20. The number of nitrogens with two attached hydrogens (primary N) is 1. The lowest BCUT2D eigenvalue weighted by molar-refractivity contribution is -0.140. The number of hydrogen-bond acceptors (Lipinski definition) is 4. The molecule has 1 rings (SSSR count). The Morgan fingerprint density at radius 3 is 2.29 bits per heavy atom. The highest BCUT2D eigenvalue weighted by Crippen LogP contribution is 2.09. The van der Waals surface area contributed by atoms with E-state index in [9.17, 15) is 23.2 Å². The van der Waals surface area contributed by atoms with Crippen LogP contribution in [0.15, 0.2) is 18.2 Å². The Bertz CT molecular complexity index is 543. The second-order valence-electron chi connectivity index (χ2n) is 4.20. The number of carbonyl (C=O) groups excluding carboxylic acids is 3. The molecule has 0 spiro atoms. The number of benzene rings is 1. The van der Waals surface area contributed by atoms with E-state index in [0.29, 0.717) is 6.07 Å². The molecule has 0 heterocycles. The molecule has 0 aromatic heterocycles. The van der Waals surface area contributed by atoms with Crippen molar-refractivity contribution in [3.8, 4) is 0 Å². The maximum atomic E-state index is 13.0. The first-order valence-corrected chi connectivity index (χ1v) is 5.96. The molecule has 0 aliphatic carbocycles. The van der Waals surface area contributed by atoms with Gasteiger partial charge in [-0.05, 0) is 18.6 Å². The van der Waals surface area contributed by atoms with Crippen LogP contribution in [0.5, 0.6) is 0 Å². The maximum absolute atomic E-state index is 13.0. The zero-order valence-electron chi connectivity index (χ0n) is 11.2. The van der Waals surface area contributed by atoms with Gasteiger partial charge in [-0.3, -0.25) is 14.4 Å². The van der Waals surface area contributed by atoms with E-state index in [-0.39, 0.29) is 18.4 Å². The third-order valence-corrected chi connectivity index (χ3v) is 2.64. The molecule has 21 heavy (non-hydrogen) atoms. The molecule has 114 valence electrons. The number of halogens is 2. The van der Waals surface area contributed by atoms with E-state index in [1.165, 1.54) is 7.11 Å². The Morgan fingerprint density at radius 1 is 1.24 bits per heavy atom. The monoisotopic (exact) mass is 300 g/mol. The van der Waals surface area contributed by atoms with Gasteiger partial charge in [0.25, 0.3) is 5.91 Å². The first-order valence-electron chi connectivity index (χ1n) is 5.96. The van der Waals surface area contributed by atoms with Crippen molar-refractivity contribution < 1.29 is 27.9 Å². The van der Waals surface area contributed by atoms with Crippen molar-refractivity contribution >= 4 is 17.8 Å². The van der Waals surface area contributed by atoms with E-state index in [2.05, 4.69) is 10.1 Å². The smallest absolute Gasteiger partial charge is 0.305 e. The van der Waals surface area contributed by atoms with Gasteiger partial charge in [-0.15, -0.1) is 0 Å². The number of nitrogens with one attached hydrogen (secondary N) is 1. The van der Waals surface area contributed by atoms with Crippen LogP contribution in [0.25, 0.3) is 0 Å². The maximum Gasteiger partial charge on any atom is 0.305 e. The van der Waals surface area contributed by atoms with Gasteiger partial charge in [0.15, 0.2) is 0 Å². The standard InChI is InChI=1S/C13H14F2N2O4/c1-21-11(18)3-2-10(12(16)19)17-13(20)7-4-8(14)6-9(15)5-7/h4-6,10H,2-3H2,1H3,(H2,16,19)(H,17,20)/t10-/m1/s1. The quantitative estimate of drug-likeness (QED) is 0.747. The molecule has 3 N–H and O–H groups in total. The molecule has 0 aliphatic rings. The van der Waals surface area contributed by atoms with E-state index < -0.39 is 35.5 Å². The fourth-order valence-corrected chi connectivity index (χ4v) is 1.58. The van der Waals surface area contributed by atoms with E-state index in [4.69, 9.17) is 5.73 Å².